The maximum absolute atomic E-state index is 11.9. The lowest BCUT2D eigenvalue weighted by Crippen LogP contribution is -2.20. The molecule has 2 heterocycles. The molecular formula is C18H14BrN3O3. The van der Waals surface area contributed by atoms with Crippen LogP contribution in [0.5, 0.6) is 17.4 Å². The van der Waals surface area contributed by atoms with E-state index in [-0.39, 0.29) is 12.5 Å². The van der Waals surface area contributed by atoms with E-state index >= 15 is 0 Å². The number of hydrogen-bond donors (Lipinski definition) is 1. The molecule has 25 heavy (non-hydrogen) atoms. The first-order valence-electron chi connectivity index (χ1n) is 7.42. The van der Waals surface area contributed by atoms with Crippen LogP contribution in [0.3, 0.4) is 0 Å². The van der Waals surface area contributed by atoms with E-state index in [4.69, 9.17) is 9.47 Å². The second kappa shape index (κ2) is 8.25. The summed E-state index contributed by atoms with van der Waals surface area (Å²) in [5.74, 6) is 1.87. The Labute approximate surface area is 153 Å². The summed E-state index contributed by atoms with van der Waals surface area (Å²) in [6, 6.07) is 15.9. The zero-order valence-corrected chi connectivity index (χ0v) is 14.6. The number of amides is 1. The van der Waals surface area contributed by atoms with Crippen molar-refractivity contribution in [3.8, 4) is 17.4 Å². The van der Waals surface area contributed by atoms with Crippen molar-refractivity contribution < 1.29 is 14.3 Å². The lowest BCUT2D eigenvalue weighted by molar-refractivity contribution is -0.118. The number of halogens is 1. The van der Waals surface area contributed by atoms with E-state index in [9.17, 15) is 4.79 Å². The van der Waals surface area contributed by atoms with Gasteiger partial charge in [0.25, 0.3) is 5.91 Å². The number of ether oxygens (including phenoxy) is 2. The van der Waals surface area contributed by atoms with Crippen LogP contribution in [0.4, 0.5) is 5.82 Å². The smallest absolute Gasteiger partial charge is 0.263 e. The molecule has 0 saturated heterocycles. The maximum Gasteiger partial charge on any atom is 0.263 e. The Bertz CT molecular complexity index is 842. The van der Waals surface area contributed by atoms with Crippen LogP contribution in [0.1, 0.15) is 0 Å². The third-order valence-corrected chi connectivity index (χ3v) is 3.54. The van der Waals surface area contributed by atoms with Crippen molar-refractivity contribution in [3.05, 3.63) is 71.5 Å². The maximum atomic E-state index is 11.9. The average molecular weight is 400 g/mol. The van der Waals surface area contributed by atoms with Crippen LogP contribution in [0.2, 0.25) is 0 Å². The molecule has 0 radical (unpaired) electrons. The predicted molar refractivity (Wildman–Crippen MR) is 96.8 cm³/mol. The van der Waals surface area contributed by atoms with E-state index in [0.717, 1.165) is 4.47 Å². The van der Waals surface area contributed by atoms with Gasteiger partial charge in [-0.05, 0) is 42.5 Å². The Hall–Kier alpha value is -2.93. The monoisotopic (exact) mass is 399 g/mol. The van der Waals surface area contributed by atoms with Crippen molar-refractivity contribution in [3.63, 3.8) is 0 Å². The lowest BCUT2D eigenvalue weighted by Gasteiger charge is -2.08. The third-order valence-electron chi connectivity index (χ3n) is 3.04. The number of rotatable bonds is 6. The Balaban J connectivity index is 1.50. The topological polar surface area (TPSA) is 73.3 Å². The van der Waals surface area contributed by atoms with E-state index in [1.165, 1.54) is 0 Å². The standard InChI is InChI=1S/C18H14BrN3O3/c19-13-8-10-20-16(11-13)22-17(23)12-24-14-4-6-15(7-5-14)25-18-3-1-2-9-21-18/h1-11H,12H2,(H,20,22,23). The third kappa shape index (κ3) is 5.29. The van der Waals surface area contributed by atoms with E-state index in [0.29, 0.717) is 23.2 Å². The first-order valence-corrected chi connectivity index (χ1v) is 8.21. The van der Waals surface area contributed by atoms with E-state index < -0.39 is 0 Å². The van der Waals surface area contributed by atoms with Crippen molar-refractivity contribution in [2.75, 3.05) is 11.9 Å². The van der Waals surface area contributed by atoms with Gasteiger partial charge in [0, 0.05) is 22.9 Å². The molecule has 1 amide bonds. The fraction of sp³-hybridized carbons (Fsp3) is 0.0556. The van der Waals surface area contributed by atoms with Gasteiger partial charge in [0.1, 0.15) is 17.3 Å². The number of nitrogens with one attached hydrogen (secondary N) is 1. The number of nitrogens with zero attached hydrogens (tertiary/aromatic N) is 2. The molecule has 0 bridgehead atoms. The molecule has 3 rings (SSSR count). The molecule has 0 atom stereocenters. The Kier molecular flexibility index (Phi) is 5.58. The van der Waals surface area contributed by atoms with Crippen LogP contribution >= 0.6 is 15.9 Å². The molecule has 126 valence electrons. The van der Waals surface area contributed by atoms with Gasteiger partial charge >= 0.3 is 0 Å². The van der Waals surface area contributed by atoms with E-state index in [1.54, 1.807) is 54.9 Å². The van der Waals surface area contributed by atoms with Gasteiger partial charge in [-0.2, -0.15) is 0 Å². The lowest BCUT2D eigenvalue weighted by atomic mass is 10.3. The van der Waals surface area contributed by atoms with Crippen LogP contribution < -0.4 is 14.8 Å². The van der Waals surface area contributed by atoms with Gasteiger partial charge in [-0.25, -0.2) is 9.97 Å². The van der Waals surface area contributed by atoms with Crippen molar-refractivity contribution in [2.45, 2.75) is 0 Å². The largest absolute Gasteiger partial charge is 0.484 e. The van der Waals surface area contributed by atoms with Gasteiger partial charge in [-0.1, -0.05) is 22.0 Å². The molecule has 0 saturated carbocycles. The molecule has 1 aromatic carbocycles. The highest BCUT2D eigenvalue weighted by molar-refractivity contribution is 9.10. The summed E-state index contributed by atoms with van der Waals surface area (Å²) in [5.41, 5.74) is 0. The fourth-order valence-electron chi connectivity index (χ4n) is 1.93. The van der Waals surface area contributed by atoms with Crippen molar-refractivity contribution in [2.24, 2.45) is 0 Å². The van der Waals surface area contributed by atoms with Crippen molar-refractivity contribution in [1.82, 2.24) is 9.97 Å². The Morgan fingerprint density at radius 1 is 1.00 bits per heavy atom. The summed E-state index contributed by atoms with van der Waals surface area (Å²) in [7, 11) is 0. The highest BCUT2D eigenvalue weighted by Gasteiger charge is 2.05. The molecule has 0 aliphatic heterocycles. The van der Waals surface area contributed by atoms with E-state index in [1.807, 2.05) is 12.1 Å². The molecule has 7 heteroatoms. The highest BCUT2D eigenvalue weighted by atomic mass is 79.9. The molecule has 0 aliphatic rings. The molecule has 0 unspecified atom stereocenters. The van der Waals surface area contributed by atoms with Crippen LogP contribution in [-0.4, -0.2) is 22.5 Å². The van der Waals surface area contributed by atoms with Gasteiger partial charge in [0.05, 0.1) is 0 Å². The molecule has 6 nitrogen and oxygen atoms in total. The number of aromatic nitrogens is 2. The average Bonchev–Trinajstić information content (AvgIpc) is 2.62. The van der Waals surface area contributed by atoms with Gasteiger partial charge in [-0.3, -0.25) is 4.79 Å². The number of pyridine rings is 2. The zero-order valence-electron chi connectivity index (χ0n) is 13.1. The second-order valence-corrected chi connectivity index (χ2v) is 5.85. The molecule has 2 aromatic heterocycles. The minimum absolute atomic E-state index is 0.116. The summed E-state index contributed by atoms with van der Waals surface area (Å²) in [6.45, 7) is -0.116. The van der Waals surface area contributed by atoms with Gasteiger partial charge in [-0.15, -0.1) is 0 Å². The highest BCUT2D eigenvalue weighted by Crippen LogP contribution is 2.22. The minimum Gasteiger partial charge on any atom is -0.484 e. The van der Waals surface area contributed by atoms with Crippen molar-refractivity contribution in [1.29, 1.82) is 0 Å². The number of hydrogen-bond acceptors (Lipinski definition) is 5. The SMILES string of the molecule is O=C(COc1ccc(Oc2ccccn2)cc1)Nc1cc(Br)ccn1. The van der Waals surface area contributed by atoms with Gasteiger partial charge in [0.15, 0.2) is 6.61 Å². The fourth-order valence-corrected chi connectivity index (χ4v) is 2.27. The number of benzene rings is 1. The first-order chi connectivity index (χ1) is 12.2. The molecule has 0 aliphatic carbocycles. The van der Waals surface area contributed by atoms with Crippen LogP contribution in [0, 0.1) is 0 Å². The molecule has 3 aromatic rings. The van der Waals surface area contributed by atoms with Gasteiger partial charge < -0.3 is 14.8 Å². The second-order valence-electron chi connectivity index (χ2n) is 4.94. The van der Waals surface area contributed by atoms with Crippen LogP contribution in [-0.2, 0) is 4.79 Å². The summed E-state index contributed by atoms with van der Waals surface area (Å²) in [4.78, 5) is 20.0. The molecule has 0 fully saturated rings. The normalized spacial score (nSPS) is 10.1. The summed E-state index contributed by atoms with van der Waals surface area (Å²) >= 11 is 3.32. The Morgan fingerprint density at radius 2 is 1.80 bits per heavy atom. The van der Waals surface area contributed by atoms with Crippen LogP contribution in [0.15, 0.2) is 71.5 Å². The molecule has 0 spiro atoms. The van der Waals surface area contributed by atoms with Crippen molar-refractivity contribution >= 4 is 27.7 Å². The number of carbonyl (C=O) groups excluding carboxylic acids is 1. The molecular weight excluding hydrogens is 386 g/mol. The minimum atomic E-state index is -0.292. The predicted octanol–water partition coefficient (Wildman–Crippen LogP) is 4.05. The number of anilines is 1. The first kappa shape index (κ1) is 16.9. The van der Waals surface area contributed by atoms with E-state index in [2.05, 4.69) is 31.2 Å². The summed E-state index contributed by atoms with van der Waals surface area (Å²) in [5, 5.41) is 2.66. The summed E-state index contributed by atoms with van der Waals surface area (Å²) in [6.07, 6.45) is 3.26. The molecule has 1 N–H and O–H groups in total. The quantitative estimate of drug-likeness (QED) is 0.676. The zero-order chi connectivity index (χ0) is 17.5. The number of carbonyl (C=O) groups is 1. The Morgan fingerprint density at radius 3 is 2.52 bits per heavy atom. The van der Waals surface area contributed by atoms with Crippen LogP contribution in [0.25, 0.3) is 0 Å². The van der Waals surface area contributed by atoms with Gasteiger partial charge in [0.2, 0.25) is 5.88 Å². The summed E-state index contributed by atoms with van der Waals surface area (Å²) < 4.78 is 11.9.